The Morgan fingerprint density at radius 2 is 1.94 bits per heavy atom. The number of ether oxygens (including phenoxy) is 1. The zero-order valence-corrected chi connectivity index (χ0v) is 20.3. The normalized spacial score (nSPS) is 15.2. The van der Waals surface area contributed by atoms with Crippen LogP contribution >= 0.6 is 0 Å². The van der Waals surface area contributed by atoms with Crippen LogP contribution in [0.1, 0.15) is 29.9 Å². The van der Waals surface area contributed by atoms with E-state index in [2.05, 4.69) is 44.0 Å². The van der Waals surface area contributed by atoms with Gasteiger partial charge in [-0.1, -0.05) is 18.2 Å². The molecule has 1 aliphatic heterocycles. The SMILES string of the molecule is [C-]#[N+]c1cccc([C@@H](C)Nc2nc(C)nc3cc(OC)c(N4CCN(CCO)CC4)cc23)c1C. The third kappa shape index (κ3) is 4.76. The molecule has 0 aliphatic carbocycles. The highest BCUT2D eigenvalue weighted by molar-refractivity contribution is 5.94. The van der Waals surface area contributed by atoms with Crippen molar-refractivity contribution in [3.05, 3.63) is 58.7 Å². The highest BCUT2D eigenvalue weighted by Crippen LogP contribution is 2.37. The van der Waals surface area contributed by atoms with Gasteiger partial charge in [-0.2, -0.15) is 0 Å². The van der Waals surface area contributed by atoms with Gasteiger partial charge >= 0.3 is 0 Å². The van der Waals surface area contributed by atoms with Crippen LogP contribution in [0.4, 0.5) is 17.2 Å². The predicted octanol–water partition coefficient (Wildman–Crippen LogP) is 4.09. The molecule has 0 bridgehead atoms. The van der Waals surface area contributed by atoms with E-state index in [4.69, 9.17) is 16.3 Å². The molecule has 4 rings (SSSR count). The number of aliphatic hydroxyl groups is 1. The molecule has 0 saturated carbocycles. The second-order valence-electron chi connectivity index (χ2n) is 8.68. The van der Waals surface area contributed by atoms with Crippen LogP contribution in [0.3, 0.4) is 0 Å². The van der Waals surface area contributed by atoms with Crippen molar-refractivity contribution in [2.24, 2.45) is 0 Å². The van der Waals surface area contributed by atoms with Crippen LogP contribution in [-0.4, -0.2) is 66.4 Å². The van der Waals surface area contributed by atoms with E-state index in [1.807, 2.05) is 32.0 Å². The lowest BCUT2D eigenvalue weighted by Gasteiger charge is -2.36. The first-order chi connectivity index (χ1) is 16.4. The summed E-state index contributed by atoms with van der Waals surface area (Å²) >= 11 is 0. The van der Waals surface area contributed by atoms with Gasteiger partial charge in [0.2, 0.25) is 0 Å². The smallest absolute Gasteiger partial charge is 0.190 e. The summed E-state index contributed by atoms with van der Waals surface area (Å²) < 4.78 is 5.75. The molecule has 2 N–H and O–H groups in total. The molecule has 34 heavy (non-hydrogen) atoms. The number of piperazine rings is 1. The Balaban J connectivity index is 1.70. The van der Waals surface area contributed by atoms with Gasteiger partial charge in [0.05, 0.1) is 31.5 Å². The fourth-order valence-electron chi connectivity index (χ4n) is 4.65. The fourth-order valence-corrected chi connectivity index (χ4v) is 4.65. The molecule has 2 heterocycles. The Morgan fingerprint density at radius 3 is 2.62 bits per heavy atom. The molecule has 0 spiro atoms. The molecule has 0 amide bonds. The van der Waals surface area contributed by atoms with Gasteiger partial charge in [-0.3, -0.25) is 4.90 Å². The lowest BCUT2D eigenvalue weighted by molar-refractivity contribution is 0.188. The van der Waals surface area contributed by atoms with Crippen molar-refractivity contribution in [1.29, 1.82) is 0 Å². The minimum Gasteiger partial charge on any atom is -0.495 e. The standard InChI is InChI=1S/C26H32N6O2/c1-17-20(7-6-8-22(17)27-4)18(2)28-26-21-15-24(32-11-9-31(10-12-32)13-14-33)25(34-5)16-23(21)29-19(3)30-26/h6-8,15-16,18,33H,9-14H2,1-3,5H3,(H,28,29,30)/t18-/m1/s1. The van der Waals surface area contributed by atoms with E-state index < -0.39 is 0 Å². The molecular weight excluding hydrogens is 428 g/mol. The van der Waals surface area contributed by atoms with Gasteiger partial charge in [-0.05, 0) is 38.0 Å². The molecule has 0 unspecified atom stereocenters. The summed E-state index contributed by atoms with van der Waals surface area (Å²) in [5.41, 5.74) is 4.57. The summed E-state index contributed by atoms with van der Waals surface area (Å²) in [5.74, 6) is 2.24. The number of hydrogen-bond donors (Lipinski definition) is 2. The Bertz CT molecular complexity index is 1210. The third-order valence-electron chi connectivity index (χ3n) is 6.52. The van der Waals surface area contributed by atoms with E-state index in [9.17, 15) is 5.11 Å². The average molecular weight is 461 g/mol. The third-order valence-corrected chi connectivity index (χ3v) is 6.52. The summed E-state index contributed by atoms with van der Waals surface area (Å²) in [7, 11) is 1.69. The zero-order chi connectivity index (χ0) is 24.2. The summed E-state index contributed by atoms with van der Waals surface area (Å²) in [6.45, 7) is 17.8. The first-order valence-electron chi connectivity index (χ1n) is 11.6. The fraction of sp³-hybridized carbons (Fsp3) is 0.423. The van der Waals surface area contributed by atoms with Crippen molar-refractivity contribution in [3.8, 4) is 5.75 Å². The predicted molar refractivity (Wildman–Crippen MR) is 136 cm³/mol. The van der Waals surface area contributed by atoms with Crippen LogP contribution < -0.4 is 15.0 Å². The Morgan fingerprint density at radius 1 is 1.18 bits per heavy atom. The van der Waals surface area contributed by atoms with Crippen LogP contribution in [0.15, 0.2) is 30.3 Å². The van der Waals surface area contributed by atoms with Gasteiger partial charge in [0.15, 0.2) is 5.69 Å². The van der Waals surface area contributed by atoms with Crippen LogP contribution in [0, 0.1) is 20.4 Å². The molecule has 8 heteroatoms. The van der Waals surface area contributed by atoms with E-state index in [-0.39, 0.29) is 12.6 Å². The largest absolute Gasteiger partial charge is 0.495 e. The second kappa shape index (κ2) is 10.2. The second-order valence-corrected chi connectivity index (χ2v) is 8.68. The number of nitrogens with one attached hydrogen (secondary N) is 1. The van der Waals surface area contributed by atoms with Crippen LogP contribution in [0.5, 0.6) is 5.75 Å². The maximum Gasteiger partial charge on any atom is 0.190 e. The highest BCUT2D eigenvalue weighted by Gasteiger charge is 2.22. The number of aryl methyl sites for hydroxylation is 1. The number of anilines is 2. The summed E-state index contributed by atoms with van der Waals surface area (Å²) in [5, 5.41) is 13.8. The summed E-state index contributed by atoms with van der Waals surface area (Å²) in [6.07, 6.45) is 0. The topological polar surface area (TPSA) is 78.1 Å². The Kier molecular flexibility index (Phi) is 7.15. The van der Waals surface area contributed by atoms with Crippen molar-refractivity contribution < 1.29 is 9.84 Å². The molecular formula is C26H32N6O2. The molecule has 178 valence electrons. The number of aromatic nitrogens is 2. The minimum atomic E-state index is -0.0354. The molecule has 0 radical (unpaired) electrons. The summed E-state index contributed by atoms with van der Waals surface area (Å²) in [4.78, 5) is 17.6. The molecule has 1 aromatic heterocycles. The van der Waals surface area contributed by atoms with Gasteiger partial charge < -0.3 is 20.1 Å². The quantitative estimate of drug-likeness (QED) is 0.514. The van der Waals surface area contributed by atoms with Crippen molar-refractivity contribution in [2.45, 2.75) is 26.8 Å². The number of rotatable bonds is 7. The lowest BCUT2D eigenvalue weighted by atomic mass is 10.0. The van der Waals surface area contributed by atoms with E-state index in [1.165, 1.54) is 0 Å². The number of fused-ring (bicyclic) bond motifs is 1. The number of methoxy groups -OCH3 is 1. The van der Waals surface area contributed by atoms with Crippen molar-refractivity contribution >= 4 is 28.1 Å². The molecule has 1 fully saturated rings. The average Bonchev–Trinajstić information content (AvgIpc) is 2.84. The Labute approximate surface area is 201 Å². The molecule has 2 aromatic carbocycles. The van der Waals surface area contributed by atoms with Gasteiger partial charge in [-0.15, -0.1) is 0 Å². The number of nitrogens with zero attached hydrogens (tertiary/aromatic N) is 5. The number of benzene rings is 2. The maximum absolute atomic E-state index is 9.24. The lowest BCUT2D eigenvalue weighted by Crippen LogP contribution is -2.47. The monoisotopic (exact) mass is 460 g/mol. The van der Waals surface area contributed by atoms with E-state index in [1.54, 1.807) is 7.11 Å². The van der Waals surface area contributed by atoms with Crippen LogP contribution in [-0.2, 0) is 0 Å². The van der Waals surface area contributed by atoms with Crippen molar-refractivity contribution in [1.82, 2.24) is 14.9 Å². The van der Waals surface area contributed by atoms with Crippen molar-refractivity contribution in [3.63, 3.8) is 0 Å². The first-order valence-corrected chi connectivity index (χ1v) is 11.6. The zero-order valence-electron chi connectivity index (χ0n) is 20.3. The molecule has 1 aliphatic rings. The van der Waals surface area contributed by atoms with Gasteiger partial charge in [-0.25, -0.2) is 14.8 Å². The van der Waals surface area contributed by atoms with Gasteiger partial charge in [0.1, 0.15) is 17.4 Å². The van der Waals surface area contributed by atoms with Crippen molar-refractivity contribution in [2.75, 3.05) is 56.7 Å². The number of hydrogen-bond acceptors (Lipinski definition) is 7. The van der Waals surface area contributed by atoms with Crippen LogP contribution in [0.25, 0.3) is 15.7 Å². The van der Waals surface area contributed by atoms with Gasteiger partial charge in [0, 0.05) is 50.2 Å². The van der Waals surface area contributed by atoms with Gasteiger partial charge in [0.25, 0.3) is 0 Å². The molecule has 3 aromatic rings. The first kappa shape index (κ1) is 23.7. The maximum atomic E-state index is 9.24. The Hall–Kier alpha value is -3.41. The highest BCUT2D eigenvalue weighted by atomic mass is 16.5. The van der Waals surface area contributed by atoms with E-state index in [0.29, 0.717) is 18.1 Å². The molecule has 1 saturated heterocycles. The number of β-amino-alcohol motifs (C(OH)–C–C–N with tert-alkyl or cyclic N) is 1. The van der Waals surface area contributed by atoms with E-state index >= 15 is 0 Å². The molecule has 1 atom stereocenters. The molecule has 8 nitrogen and oxygen atoms in total. The number of aliphatic hydroxyl groups excluding tert-OH is 1. The summed E-state index contributed by atoms with van der Waals surface area (Å²) in [6, 6.07) is 9.90. The minimum absolute atomic E-state index is 0.0354. The van der Waals surface area contributed by atoms with Crippen LogP contribution in [0.2, 0.25) is 0 Å². The van der Waals surface area contributed by atoms with E-state index in [0.717, 1.165) is 65.5 Å².